The summed E-state index contributed by atoms with van der Waals surface area (Å²) in [5, 5.41) is 12.2. The van der Waals surface area contributed by atoms with Crippen LogP contribution in [0.2, 0.25) is 0 Å². The van der Waals surface area contributed by atoms with Gasteiger partial charge in [0, 0.05) is 30.0 Å². The SMILES string of the molecule is COc1ccc2c3c1O[C@H]1[C@]4(OC)C=CC5(C[C@@H]4[C@](C)(O)CCc4ccccc4)[C@@H](C2)N(C)CC[C@]315. The number of aliphatic hydroxyl groups is 1. The largest absolute Gasteiger partial charge is 0.493 e. The van der Waals surface area contributed by atoms with E-state index in [1.807, 2.05) is 13.0 Å². The second-order valence-corrected chi connectivity index (χ2v) is 12.1. The van der Waals surface area contributed by atoms with Gasteiger partial charge in [-0.1, -0.05) is 48.6 Å². The average molecular weight is 488 g/mol. The first-order valence-corrected chi connectivity index (χ1v) is 13.4. The van der Waals surface area contributed by atoms with Crippen molar-refractivity contribution < 1.29 is 19.3 Å². The van der Waals surface area contributed by atoms with Crippen LogP contribution in [0.5, 0.6) is 11.5 Å². The maximum atomic E-state index is 12.2. The maximum Gasteiger partial charge on any atom is 0.166 e. The molecule has 1 saturated carbocycles. The van der Waals surface area contributed by atoms with Crippen molar-refractivity contribution in [3.63, 3.8) is 0 Å². The lowest BCUT2D eigenvalue weighted by molar-refractivity contribution is -0.247. The number of piperidine rings is 1. The monoisotopic (exact) mass is 487 g/mol. The summed E-state index contributed by atoms with van der Waals surface area (Å²) in [7, 11) is 5.81. The quantitative estimate of drug-likeness (QED) is 0.616. The zero-order valence-electron chi connectivity index (χ0n) is 21.8. The summed E-state index contributed by atoms with van der Waals surface area (Å²) < 4.78 is 19.4. The van der Waals surface area contributed by atoms with E-state index in [1.165, 1.54) is 16.7 Å². The molecule has 2 aromatic carbocycles. The second-order valence-electron chi connectivity index (χ2n) is 12.1. The van der Waals surface area contributed by atoms with Crippen LogP contribution in [0.3, 0.4) is 0 Å². The van der Waals surface area contributed by atoms with Crippen molar-refractivity contribution in [3.8, 4) is 11.5 Å². The molecule has 4 bridgehead atoms. The van der Waals surface area contributed by atoms with Gasteiger partial charge in [0.25, 0.3) is 0 Å². The number of ether oxygens (including phenoxy) is 3. The van der Waals surface area contributed by atoms with E-state index in [1.54, 1.807) is 14.2 Å². The Morgan fingerprint density at radius 3 is 2.69 bits per heavy atom. The predicted octanol–water partition coefficient (Wildman–Crippen LogP) is 4.30. The highest BCUT2D eigenvalue weighted by atomic mass is 16.6. The molecule has 1 saturated heterocycles. The molecule has 190 valence electrons. The Morgan fingerprint density at radius 1 is 1.14 bits per heavy atom. The van der Waals surface area contributed by atoms with Crippen molar-refractivity contribution in [2.24, 2.45) is 11.3 Å². The molecule has 6 aliphatic rings. The second kappa shape index (κ2) is 7.37. The first-order valence-electron chi connectivity index (χ1n) is 13.4. The van der Waals surface area contributed by atoms with E-state index in [0.29, 0.717) is 12.5 Å². The topological polar surface area (TPSA) is 51.2 Å². The van der Waals surface area contributed by atoms with Crippen LogP contribution in [0, 0.1) is 11.3 Å². The van der Waals surface area contributed by atoms with E-state index in [-0.39, 0.29) is 22.9 Å². The Bertz CT molecular complexity index is 1240. The number of aryl methyl sites for hydroxylation is 1. The molecule has 1 N–H and O–H groups in total. The van der Waals surface area contributed by atoms with Crippen LogP contribution in [0.15, 0.2) is 54.6 Å². The minimum atomic E-state index is -0.916. The Labute approximate surface area is 214 Å². The van der Waals surface area contributed by atoms with Gasteiger partial charge in [-0.15, -0.1) is 0 Å². The van der Waals surface area contributed by atoms with Gasteiger partial charge in [0.15, 0.2) is 11.5 Å². The van der Waals surface area contributed by atoms with Crippen LogP contribution in [0.25, 0.3) is 0 Å². The molecular formula is C31H37NO4. The molecule has 8 rings (SSSR count). The standard InChI is InChI=1S/C31H37NO4/c1-28(33,13-12-20-8-6-5-7-9-20)23-19-29-14-15-31(23,35-4)27-30(29)16-17-32(2)24(29)18-21-10-11-22(34-3)26(36-27)25(21)30/h5-11,14-15,23-24,27,33H,12-13,16-19H2,1-4H3/t23-,24-,27-,28-,29?,30+,31+/m1/s1. The third-order valence-electron chi connectivity index (χ3n) is 10.8. The first-order chi connectivity index (χ1) is 17.3. The third kappa shape index (κ3) is 2.52. The van der Waals surface area contributed by atoms with E-state index in [9.17, 15) is 5.11 Å². The van der Waals surface area contributed by atoms with Crippen LogP contribution in [0.1, 0.15) is 42.9 Å². The molecule has 2 aliphatic heterocycles. The lowest BCUT2D eigenvalue weighted by Crippen LogP contribution is -2.80. The van der Waals surface area contributed by atoms with Gasteiger partial charge in [-0.2, -0.15) is 0 Å². The summed E-state index contributed by atoms with van der Waals surface area (Å²) in [6.07, 6.45) is 8.97. The predicted molar refractivity (Wildman–Crippen MR) is 139 cm³/mol. The normalized spacial score (nSPS) is 38.9. The molecule has 36 heavy (non-hydrogen) atoms. The van der Waals surface area contributed by atoms with Crippen molar-refractivity contribution in [1.82, 2.24) is 4.90 Å². The number of benzene rings is 2. The maximum absolute atomic E-state index is 12.2. The van der Waals surface area contributed by atoms with Gasteiger partial charge in [-0.3, -0.25) is 0 Å². The van der Waals surface area contributed by atoms with Crippen molar-refractivity contribution in [2.75, 3.05) is 27.8 Å². The Morgan fingerprint density at radius 2 is 1.94 bits per heavy atom. The van der Waals surface area contributed by atoms with Crippen molar-refractivity contribution >= 4 is 0 Å². The van der Waals surface area contributed by atoms with Gasteiger partial charge in [-0.05, 0) is 69.8 Å². The summed E-state index contributed by atoms with van der Waals surface area (Å²) >= 11 is 0. The van der Waals surface area contributed by atoms with Crippen molar-refractivity contribution in [3.05, 3.63) is 71.3 Å². The minimum absolute atomic E-state index is 0.0855. The number of hydrogen-bond acceptors (Lipinski definition) is 5. The number of likely N-dealkylation sites (tertiary alicyclic amines) is 1. The number of hydrogen-bond donors (Lipinski definition) is 1. The molecule has 0 amide bonds. The molecule has 5 heteroatoms. The lowest BCUT2D eigenvalue weighted by Gasteiger charge is -2.72. The highest BCUT2D eigenvalue weighted by molar-refractivity contribution is 5.65. The molecule has 5 nitrogen and oxygen atoms in total. The third-order valence-corrected chi connectivity index (χ3v) is 10.8. The van der Waals surface area contributed by atoms with Gasteiger partial charge in [0.05, 0.1) is 18.1 Å². The van der Waals surface area contributed by atoms with E-state index >= 15 is 0 Å². The molecule has 2 spiro atoms. The highest BCUT2D eigenvalue weighted by Crippen LogP contribution is 2.75. The van der Waals surface area contributed by atoms with E-state index in [4.69, 9.17) is 14.2 Å². The molecule has 4 aliphatic carbocycles. The smallest absolute Gasteiger partial charge is 0.166 e. The van der Waals surface area contributed by atoms with Crippen LogP contribution in [-0.2, 0) is 23.0 Å². The van der Waals surface area contributed by atoms with E-state index in [0.717, 1.165) is 43.7 Å². The highest BCUT2D eigenvalue weighted by Gasteiger charge is 2.80. The minimum Gasteiger partial charge on any atom is -0.493 e. The first kappa shape index (κ1) is 22.8. The van der Waals surface area contributed by atoms with Gasteiger partial charge in [-0.25, -0.2) is 0 Å². The molecule has 0 radical (unpaired) electrons. The zero-order valence-corrected chi connectivity index (χ0v) is 21.8. The summed E-state index contributed by atoms with van der Waals surface area (Å²) in [6, 6.07) is 15.2. The van der Waals surface area contributed by atoms with Crippen LogP contribution >= 0.6 is 0 Å². The number of likely N-dealkylation sites (N-methyl/N-ethyl adjacent to an activating group) is 1. The fraction of sp³-hybridized carbons (Fsp3) is 0.548. The number of methoxy groups -OCH3 is 2. The Kier molecular flexibility index (Phi) is 4.67. The number of fused-ring (bicyclic) bond motifs is 1. The summed E-state index contributed by atoms with van der Waals surface area (Å²) in [5.74, 6) is 1.63. The molecule has 1 unspecified atom stereocenters. The Hall–Kier alpha value is -2.34. The van der Waals surface area contributed by atoms with E-state index in [2.05, 4.69) is 60.5 Å². The van der Waals surface area contributed by atoms with E-state index < -0.39 is 11.2 Å². The average Bonchev–Trinajstić information content (AvgIpc) is 3.27. The fourth-order valence-corrected chi connectivity index (χ4v) is 9.13. The van der Waals surface area contributed by atoms with Crippen LogP contribution in [-0.4, -0.2) is 61.2 Å². The molecule has 2 heterocycles. The zero-order chi connectivity index (χ0) is 24.9. The van der Waals surface area contributed by atoms with Gasteiger partial charge in [0.1, 0.15) is 11.7 Å². The summed E-state index contributed by atoms with van der Waals surface area (Å²) in [4.78, 5) is 2.55. The number of nitrogens with zero attached hydrogens (tertiary/aromatic N) is 1. The summed E-state index contributed by atoms with van der Waals surface area (Å²) in [5.41, 5.74) is 2.08. The number of rotatable bonds is 6. The lowest BCUT2D eigenvalue weighted by atomic mass is 9.36. The molecule has 0 aromatic heterocycles. The van der Waals surface area contributed by atoms with Crippen molar-refractivity contribution in [2.45, 2.75) is 67.8 Å². The Balaban J connectivity index is 1.39. The molecular weight excluding hydrogens is 450 g/mol. The molecule has 2 aromatic rings. The van der Waals surface area contributed by atoms with Gasteiger partial charge in [0.2, 0.25) is 0 Å². The molecule has 2 fully saturated rings. The van der Waals surface area contributed by atoms with Crippen LogP contribution in [0.4, 0.5) is 0 Å². The van der Waals surface area contributed by atoms with Crippen molar-refractivity contribution in [1.29, 1.82) is 0 Å². The van der Waals surface area contributed by atoms with Gasteiger partial charge >= 0.3 is 0 Å². The summed E-state index contributed by atoms with van der Waals surface area (Å²) in [6.45, 7) is 3.06. The van der Waals surface area contributed by atoms with Gasteiger partial charge < -0.3 is 24.2 Å². The fourth-order valence-electron chi connectivity index (χ4n) is 9.13. The molecule has 7 atom stereocenters. The van der Waals surface area contributed by atoms with Crippen LogP contribution < -0.4 is 9.47 Å².